The Labute approximate surface area is 131 Å². The Morgan fingerprint density at radius 3 is 2.82 bits per heavy atom. The van der Waals surface area contributed by atoms with Crippen molar-refractivity contribution in [2.45, 2.75) is 25.9 Å². The van der Waals surface area contributed by atoms with Gasteiger partial charge in [-0.05, 0) is 24.1 Å². The molecule has 8 heteroatoms. The number of nitrogens with zero attached hydrogens (tertiary/aromatic N) is 3. The second-order valence-corrected chi connectivity index (χ2v) is 5.13. The van der Waals surface area contributed by atoms with Crippen molar-refractivity contribution in [2.75, 3.05) is 0 Å². The molecule has 2 rings (SSSR count). The van der Waals surface area contributed by atoms with Crippen LogP contribution in [0.25, 0.3) is 0 Å². The van der Waals surface area contributed by atoms with Crippen LogP contribution >= 0.6 is 11.6 Å². The lowest BCUT2D eigenvalue weighted by Crippen LogP contribution is -2.31. The van der Waals surface area contributed by atoms with Crippen molar-refractivity contribution < 1.29 is 14.7 Å². The van der Waals surface area contributed by atoms with Crippen LogP contribution in [0.5, 0.6) is 0 Å². The summed E-state index contributed by atoms with van der Waals surface area (Å²) in [6, 6.07) is 7.10. The lowest BCUT2D eigenvalue weighted by Gasteiger charge is -2.17. The smallest absolute Gasteiger partial charge is 0.358 e. The van der Waals surface area contributed by atoms with Gasteiger partial charge in [-0.15, -0.1) is 5.10 Å². The van der Waals surface area contributed by atoms with E-state index < -0.39 is 5.97 Å². The van der Waals surface area contributed by atoms with Crippen molar-refractivity contribution in [3.63, 3.8) is 0 Å². The fourth-order valence-corrected chi connectivity index (χ4v) is 2.20. The number of aromatic nitrogens is 3. The minimum atomic E-state index is -1.18. The van der Waals surface area contributed by atoms with E-state index in [1.807, 2.05) is 19.1 Å². The van der Waals surface area contributed by atoms with E-state index in [1.165, 1.54) is 10.9 Å². The third kappa shape index (κ3) is 4.05. The van der Waals surface area contributed by atoms with Gasteiger partial charge < -0.3 is 10.4 Å². The maximum absolute atomic E-state index is 12.0. The summed E-state index contributed by atoms with van der Waals surface area (Å²) in [5.74, 6) is -1.47. The number of carboxylic acid groups (broad SMARTS) is 1. The number of carboxylic acids is 1. The summed E-state index contributed by atoms with van der Waals surface area (Å²) < 4.78 is 1.18. The fourth-order valence-electron chi connectivity index (χ4n) is 2.01. The highest BCUT2D eigenvalue weighted by Crippen LogP contribution is 2.20. The molecule has 1 atom stereocenters. The second-order valence-electron chi connectivity index (χ2n) is 4.69. The number of aromatic carboxylic acids is 1. The van der Waals surface area contributed by atoms with Crippen LogP contribution in [0.2, 0.25) is 5.02 Å². The zero-order valence-corrected chi connectivity index (χ0v) is 12.6. The van der Waals surface area contributed by atoms with Crippen molar-refractivity contribution in [1.29, 1.82) is 0 Å². The third-order valence-electron chi connectivity index (χ3n) is 3.06. The van der Waals surface area contributed by atoms with Crippen LogP contribution in [0.3, 0.4) is 0 Å². The molecule has 2 N–H and O–H groups in total. The minimum absolute atomic E-state index is 0.0999. The van der Waals surface area contributed by atoms with Crippen LogP contribution in [0, 0.1) is 0 Å². The highest BCUT2D eigenvalue weighted by Gasteiger charge is 2.15. The van der Waals surface area contributed by atoms with E-state index in [4.69, 9.17) is 16.7 Å². The van der Waals surface area contributed by atoms with Gasteiger partial charge in [0.2, 0.25) is 5.91 Å². The predicted octanol–water partition coefficient (Wildman–Crippen LogP) is 1.90. The number of benzene rings is 1. The van der Waals surface area contributed by atoms with Gasteiger partial charge in [0.25, 0.3) is 0 Å². The first-order valence-corrected chi connectivity index (χ1v) is 7.05. The molecule has 0 fully saturated rings. The molecule has 0 aliphatic carbocycles. The Hall–Kier alpha value is -2.41. The summed E-state index contributed by atoms with van der Waals surface area (Å²) in [5, 5.41) is 19.3. The topological polar surface area (TPSA) is 97.1 Å². The van der Waals surface area contributed by atoms with Gasteiger partial charge in [0.15, 0.2) is 5.69 Å². The van der Waals surface area contributed by atoms with Crippen LogP contribution in [0.4, 0.5) is 0 Å². The molecule has 1 aromatic carbocycles. The van der Waals surface area contributed by atoms with Crippen LogP contribution in [-0.2, 0) is 11.3 Å². The zero-order chi connectivity index (χ0) is 16.1. The molecule has 0 spiro atoms. The van der Waals surface area contributed by atoms with Crippen molar-refractivity contribution in [2.24, 2.45) is 0 Å². The maximum Gasteiger partial charge on any atom is 0.358 e. The molecule has 2 aromatic rings. The zero-order valence-electron chi connectivity index (χ0n) is 11.9. The molecular weight excluding hydrogens is 308 g/mol. The van der Waals surface area contributed by atoms with E-state index in [1.54, 1.807) is 12.1 Å². The van der Waals surface area contributed by atoms with Crippen molar-refractivity contribution in [3.05, 3.63) is 46.7 Å². The van der Waals surface area contributed by atoms with Crippen molar-refractivity contribution >= 4 is 23.5 Å². The first-order valence-electron chi connectivity index (χ1n) is 6.68. The highest BCUT2D eigenvalue weighted by molar-refractivity contribution is 6.30. The summed E-state index contributed by atoms with van der Waals surface area (Å²) in [7, 11) is 0. The fraction of sp³-hybridized carbons (Fsp3) is 0.286. The third-order valence-corrected chi connectivity index (χ3v) is 3.29. The number of nitrogens with one attached hydrogen (secondary N) is 1. The molecule has 1 heterocycles. The van der Waals surface area contributed by atoms with Gasteiger partial charge in [0.05, 0.1) is 12.2 Å². The summed E-state index contributed by atoms with van der Waals surface area (Å²) in [5.41, 5.74) is 0.711. The first kappa shape index (κ1) is 16.0. The number of carbonyl (C=O) groups is 2. The molecule has 0 saturated heterocycles. The normalized spacial score (nSPS) is 11.9. The van der Waals surface area contributed by atoms with Crippen LogP contribution in [-0.4, -0.2) is 32.0 Å². The summed E-state index contributed by atoms with van der Waals surface area (Å²) >= 11 is 5.95. The van der Waals surface area contributed by atoms with Gasteiger partial charge in [0.1, 0.15) is 6.54 Å². The molecule has 116 valence electrons. The maximum atomic E-state index is 12.0. The van der Waals surface area contributed by atoms with Gasteiger partial charge in [-0.25, -0.2) is 9.48 Å². The summed E-state index contributed by atoms with van der Waals surface area (Å²) in [6.07, 6.45) is 1.91. The Bertz CT molecular complexity index is 686. The quantitative estimate of drug-likeness (QED) is 0.846. The molecule has 0 bridgehead atoms. The predicted molar refractivity (Wildman–Crippen MR) is 79.6 cm³/mol. The number of carbonyl (C=O) groups excluding carboxylic acids is 1. The molecular formula is C14H15ClN4O3. The summed E-state index contributed by atoms with van der Waals surface area (Å²) in [4.78, 5) is 22.8. The van der Waals surface area contributed by atoms with E-state index in [0.29, 0.717) is 11.4 Å². The van der Waals surface area contributed by atoms with E-state index in [0.717, 1.165) is 5.56 Å². The van der Waals surface area contributed by atoms with Crippen LogP contribution in [0.1, 0.15) is 35.4 Å². The van der Waals surface area contributed by atoms with E-state index in [-0.39, 0.29) is 24.2 Å². The average molecular weight is 323 g/mol. The molecule has 0 saturated carbocycles. The molecule has 1 aromatic heterocycles. The molecule has 0 aliphatic heterocycles. The average Bonchev–Trinajstić information content (AvgIpc) is 2.93. The van der Waals surface area contributed by atoms with Gasteiger partial charge in [-0.1, -0.05) is 35.9 Å². The van der Waals surface area contributed by atoms with E-state index in [9.17, 15) is 9.59 Å². The Morgan fingerprint density at radius 2 is 2.23 bits per heavy atom. The Morgan fingerprint density at radius 1 is 1.45 bits per heavy atom. The standard InChI is InChI=1S/C14H15ClN4O3/c1-2-11(9-4-3-5-10(15)6-9)16-13(20)8-19-7-12(14(21)22)17-18-19/h3-7,11H,2,8H2,1H3,(H,16,20)(H,21,22). The molecule has 1 amide bonds. The number of halogens is 1. The molecule has 1 unspecified atom stereocenters. The Balaban J connectivity index is 2.01. The van der Waals surface area contributed by atoms with Crippen LogP contribution < -0.4 is 5.32 Å². The van der Waals surface area contributed by atoms with Crippen molar-refractivity contribution in [3.8, 4) is 0 Å². The second kappa shape index (κ2) is 7.04. The Kier molecular flexibility index (Phi) is 5.11. The lowest BCUT2D eigenvalue weighted by molar-refractivity contribution is -0.122. The van der Waals surface area contributed by atoms with Gasteiger partial charge in [-0.2, -0.15) is 0 Å². The number of rotatable bonds is 6. The van der Waals surface area contributed by atoms with E-state index in [2.05, 4.69) is 15.6 Å². The lowest BCUT2D eigenvalue weighted by atomic mass is 10.0. The number of amides is 1. The highest BCUT2D eigenvalue weighted by atomic mass is 35.5. The molecule has 22 heavy (non-hydrogen) atoms. The van der Waals surface area contributed by atoms with E-state index >= 15 is 0 Å². The largest absolute Gasteiger partial charge is 0.476 e. The SMILES string of the molecule is CCC(NC(=O)Cn1cc(C(=O)O)nn1)c1cccc(Cl)c1. The molecule has 0 radical (unpaired) electrons. The van der Waals surface area contributed by atoms with Gasteiger partial charge in [-0.3, -0.25) is 4.79 Å². The summed E-state index contributed by atoms with van der Waals surface area (Å²) in [6.45, 7) is 1.85. The molecule has 0 aliphatic rings. The van der Waals surface area contributed by atoms with Gasteiger partial charge >= 0.3 is 5.97 Å². The van der Waals surface area contributed by atoms with Gasteiger partial charge in [0, 0.05) is 5.02 Å². The minimum Gasteiger partial charge on any atom is -0.476 e. The molecule has 7 nitrogen and oxygen atoms in total. The number of hydrogen-bond acceptors (Lipinski definition) is 4. The number of hydrogen-bond donors (Lipinski definition) is 2. The van der Waals surface area contributed by atoms with Crippen LogP contribution in [0.15, 0.2) is 30.5 Å². The monoisotopic (exact) mass is 322 g/mol. The first-order chi connectivity index (χ1) is 10.5. The van der Waals surface area contributed by atoms with Crippen molar-refractivity contribution in [1.82, 2.24) is 20.3 Å².